The van der Waals surface area contributed by atoms with Gasteiger partial charge < -0.3 is 101 Å². The maximum atomic E-state index is 2.25. The van der Waals surface area contributed by atoms with E-state index in [2.05, 4.69) is 67.0 Å². The van der Waals surface area contributed by atoms with Crippen molar-refractivity contribution in [3.63, 3.8) is 0 Å². The van der Waals surface area contributed by atoms with E-state index in [4.69, 9.17) is 0 Å². The van der Waals surface area contributed by atoms with Crippen molar-refractivity contribution in [2.45, 2.75) is 0 Å². The molecule has 1 nitrogen and oxygen atoms in total. The van der Waals surface area contributed by atoms with E-state index >= 15 is 0 Å². The standard InChI is InChI=1S/C17H13N.Bi.4HI/c1-18-15-10-8-13-6-5-11-3-2-4-12-7-9-14(15)17(13)16(11)12;;;;;/h2-10,18H,1H3;;4*1H/q;+3;;;;/p-3. The fourth-order valence-electron chi connectivity index (χ4n) is 3.01. The zero-order valence-electron chi connectivity index (χ0n) is 12.2. The van der Waals surface area contributed by atoms with Gasteiger partial charge in [-0.3, -0.25) is 0 Å². The van der Waals surface area contributed by atoms with Gasteiger partial charge in [-0.2, -0.15) is 0 Å². The van der Waals surface area contributed by atoms with Gasteiger partial charge in [0.05, 0.1) is 7.05 Å². The molecule has 0 saturated heterocycles. The molecule has 4 rings (SSSR count). The predicted octanol–water partition coefficient (Wildman–Crippen LogP) is -8.96. The number of quaternary nitrogens is 1. The van der Waals surface area contributed by atoms with Crippen LogP contribution in [0, 0.1) is 0 Å². The second-order valence-electron chi connectivity index (χ2n) is 4.80. The summed E-state index contributed by atoms with van der Waals surface area (Å²) in [5, 5.41) is 10.3. The average molecular weight is 949 g/mol. The third-order valence-corrected chi connectivity index (χ3v) is 3.87. The smallest absolute Gasteiger partial charge is 1.00 e. The monoisotopic (exact) mass is 949 g/mol. The van der Waals surface area contributed by atoms with Crippen LogP contribution in [0.4, 0.5) is 5.69 Å². The molecule has 0 aliphatic rings. The van der Waals surface area contributed by atoms with Gasteiger partial charge in [0.25, 0.3) is 0 Å². The summed E-state index contributed by atoms with van der Waals surface area (Å²) in [6.07, 6.45) is 0. The summed E-state index contributed by atoms with van der Waals surface area (Å²) in [5.74, 6) is 0. The van der Waals surface area contributed by atoms with Gasteiger partial charge in [0.15, 0.2) is 0 Å². The van der Waals surface area contributed by atoms with E-state index in [1.54, 1.807) is 0 Å². The molecule has 0 aromatic heterocycles. The summed E-state index contributed by atoms with van der Waals surface area (Å²) >= 11 is 0. The average Bonchev–Trinajstić information content (AvgIpc) is 2.44. The van der Waals surface area contributed by atoms with Crippen molar-refractivity contribution in [3.05, 3.63) is 54.6 Å². The molecular weight excluding hydrogens is 935 g/mol. The Labute approximate surface area is 223 Å². The van der Waals surface area contributed by atoms with Crippen LogP contribution >= 0.6 is 0 Å². The van der Waals surface area contributed by atoms with Gasteiger partial charge >= 0.3 is 26.2 Å². The fraction of sp³-hybridized carbons (Fsp3) is 0.0588. The van der Waals surface area contributed by atoms with Crippen LogP contribution < -0.4 is 101 Å². The molecule has 2 N–H and O–H groups in total. The largest absolute Gasteiger partial charge is 3.00 e. The van der Waals surface area contributed by atoms with Crippen LogP contribution in [0.3, 0.4) is 0 Å². The Hall–Kier alpha value is 1.68. The maximum absolute atomic E-state index is 2.25. The van der Waals surface area contributed by atoms with Crippen molar-refractivity contribution < 1.29 is 101 Å². The molecule has 0 bridgehead atoms. The minimum Gasteiger partial charge on any atom is -1.00 e. The predicted molar refractivity (Wildman–Crippen MR) is 83.4 cm³/mol. The molecule has 120 valence electrons. The first-order chi connectivity index (χ1) is 8.88. The molecule has 4 aromatic carbocycles. The van der Waals surface area contributed by atoms with Crippen LogP contribution in [0.2, 0.25) is 0 Å². The molecular formula is C17H14BiI4N. The van der Waals surface area contributed by atoms with Gasteiger partial charge in [0, 0.05) is 16.8 Å². The van der Waals surface area contributed by atoms with Gasteiger partial charge in [0.1, 0.15) is 5.69 Å². The van der Waals surface area contributed by atoms with Crippen molar-refractivity contribution >= 4 is 64.2 Å². The Morgan fingerprint density at radius 1 is 0.609 bits per heavy atom. The number of nitrogens with two attached hydrogens (primary N) is 1. The summed E-state index contributed by atoms with van der Waals surface area (Å²) in [7, 11) is 2.10. The molecule has 0 spiro atoms. The first-order valence-corrected chi connectivity index (χ1v) is 6.34. The first kappa shape index (κ1) is 26.9. The molecule has 0 amide bonds. The summed E-state index contributed by atoms with van der Waals surface area (Å²) in [5.41, 5.74) is 1.32. The van der Waals surface area contributed by atoms with Crippen LogP contribution in [0.25, 0.3) is 32.3 Å². The van der Waals surface area contributed by atoms with Gasteiger partial charge in [-0.05, 0) is 33.7 Å². The van der Waals surface area contributed by atoms with E-state index in [9.17, 15) is 0 Å². The van der Waals surface area contributed by atoms with E-state index in [0.717, 1.165) is 0 Å². The van der Waals surface area contributed by atoms with Crippen molar-refractivity contribution in [3.8, 4) is 0 Å². The minimum absolute atomic E-state index is 0. The van der Waals surface area contributed by atoms with E-state index in [0.29, 0.717) is 0 Å². The fourth-order valence-corrected chi connectivity index (χ4v) is 3.01. The van der Waals surface area contributed by atoms with Crippen LogP contribution in [-0.4, -0.2) is 33.3 Å². The summed E-state index contributed by atoms with van der Waals surface area (Å²) in [6, 6.07) is 19.9. The van der Waals surface area contributed by atoms with E-state index in [-0.39, 0.29) is 122 Å². The summed E-state index contributed by atoms with van der Waals surface area (Å²) in [4.78, 5) is 0. The quantitative estimate of drug-likeness (QED) is 0.0848. The maximum Gasteiger partial charge on any atom is 3.00 e. The van der Waals surface area contributed by atoms with E-state index < -0.39 is 0 Å². The van der Waals surface area contributed by atoms with Gasteiger partial charge in [-0.25, -0.2) is 0 Å². The molecule has 0 atom stereocenters. The molecule has 0 fully saturated rings. The van der Waals surface area contributed by atoms with Gasteiger partial charge in [0.2, 0.25) is 0 Å². The van der Waals surface area contributed by atoms with Crippen LogP contribution in [-0.2, 0) is 0 Å². The normalized spacial score (nSPS) is 9.26. The van der Waals surface area contributed by atoms with E-state index in [1.165, 1.54) is 38.0 Å². The third kappa shape index (κ3) is 4.70. The first-order valence-electron chi connectivity index (χ1n) is 6.34. The van der Waals surface area contributed by atoms with Crippen LogP contribution in [0.15, 0.2) is 54.6 Å². The Kier molecular flexibility index (Phi) is 13.3. The number of hydrogen-bond donors (Lipinski definition) is 1. The second-order valence-corrected chi connectivity index (χ2v) is 4.80. The SMILES string of the molecule is C[NH2+]c1ccc2ccc3cccc4ccc1c2c34.[Bi+3].[I-].[I-].[I-].[I-]. The number of hydrogen-bond acceptors (Lipinski definition) is 0. The molecule has 0 heterocycles. The summed E-state index contributed by atoms with van der Waals surface area (Å²) < 4.78 is 0. The van der Waals surface area contributed by atoms with Crippen molar-refractivity contribution in [1.82, 2.24) is 0 Å². The second kappa shape index (κ2) is 11.4. The zero-order valence-corrected chi connectivity index (χ0v) is 24.3. The minimum atomic E-state index is 0. The number of benzene rings is 4. The molecule has 4 aromatic rings. The molecule has 2 radical (unpaired) electrons. The molecule has 0 saturated carbocycles. The Morgan fingerprint density at radius 2 is 1.09 bits per heavy atom. The van der Waals surface area contributed by atoms with E-state index in [1.807, 2.05) is 0 Å². The van der Waals surface area contributed by atoms with Crippen LogP contribution in [0.5, 0.6) is 0 Å². The summed E-state index contributed by atoms with van der Waals surface area (Å²) in [6.45, 7) is 0. The van der Waals surface area contributed by atoms with Gasteiger partial charge in [-0.15, -0.1) is 0 Å². The Balaban J connectivity index is 0. The number of rotatable bonds is 1. The van der Waals surface area contributed by atoms with Crippen molar-refractivity contribution in [2.24, 2.45) is 0 Å². The molecule has 6 heteroatoms. The number of halogens is 4. The van der Waals surface area contributed by atoms with Gasteiger partial charge in [-0.1, -0.05) is 36.4 Å². The molecule has 0 aliphatic carbocycles. The molecule has 0 unspecified atom stereocenters. The third-order valence-electron chi connectivity index (χ3n) is 3.87. The topological polar surface area (TPSA) is 16.6 Å². The van der Waals surface area contributed by atoms with Crippen molar-refractivity contribution in [2.75, 3.05) is 7.05 Å². The Morgan fingerprint density at radius 3 is 1.65 bits per heavy atom. The Bertz CT molecular complexity index is 866. The van der Waals surface area contributed by atoms with Crippen LogP contribution in [0.1, 0.15) is 0 Å². The molecule has 23 heavy (non-hydrogen) atoms. The van der Waals surface area contributed by atoms with Crippen molar-refractivity contribution in [1.29, 1.82) is 0 Å². The zero-order chi connectivity index (χ0) is 12.1. The molecule has 0 aliphatic heterocycles.